The normalized spacial score (nSPS) is 14.0. The third-order valence-corrected chi connectivity index (χ3v) is 6.04. The molecular formula is C18H22N4OS2. The molecule has 0 radical (unpaired) electrons. The van der Waals surface area contributed by atoms with E-state index in [9.17, 15) is 4.79 Å². The third-order valence-electron chi connectivity index (χ3n) is 3.80. The summed E-state index contributed by atoms with van der Waals surface area (Å²) in [6, 6.07) is 10.1. The summed E-state index contributed by atoms with van der Waals surface area (Å²) in [4.78, 5) is 16.9. The van der Waals surface area contributed by atoms with Gasteiger partial charge in [-0.3, -0.25) is 9.48 Å². The fourth-order valence-electron chi connectivity index (χ4n) is 2.34. The Balaban J connectivity index is 1.59. The van der Waals surface area contributed by atoms with E-state index in [4.69, 9.17) is 0 Å². The zero-order valence-corrected chi connectivity index (χ0v) is 16.5. The van der Waals surface area contributed by atoms with Crippen molar-refractivity contribution in [2.24, 2.45) is 12.0 Å². The average Bonchev–Trinajstić information content (AvgIpc) is 2.94. The summed E-state index contributed by atoms with van der Waals surface area (Å²) in [5.41, 5.74) is 3.16. The summed E-state index contributed by atoms with van der Waals surface area (Å²) < 4.78 is 2.65. The molecule has 25 heavy (non-hydrogen) atoms. The molecule has 0 saturated carbocycles. The molecule has 0 bridgehead atoms. The van der Waals surface area contributed by atoms with Crippen LogP contribution in [0.4, 0.5) is 11.5 Å². The summed E-state index contributed by atoms with van der Waals surface area (Å²) in [5, 5.41) is 7.42. The Morgan fingerprint density at radius 3 is 2.84 bits per heavy atom. The maximum Gasteiger partial charge on any atom is 0.235 e. The number of carbonyl (C=O) groups is 1. The minimum atomic E-state index is -0.0457. The molecule has 0 aliphatic carbocycles. The van der Waals surface area contributed by atoms with E-state index >= 15 is 0 Å². The standard InChI is InChI=1S/C18H22N4OS2/c1-18(2,3)14-9-15(22(4)21-14)20-16(23)11-25-17-19-13-8-6-5-7-12(13)10-24-17/h5-9H,10-11H2,1-4H3,(H,20,23). The van der Waals surface area contributed by atoms with Crippen molar-refractivity contribution in [2.75, 3.05) is 11.1 Å². The number of thioether (sulfide) groups is 2. The highest BCUT2D eigenvalue weighted by molar-refractivity contribution is 8.38. The Morgan fingerprint density at radius 2 is 2.12 bits per heavy atom. The van der Waals surface area contributed by atoms with E-state index in [0.717, 1.165) is 27.3 Å². The quantitative estimate of drug-likeness (QED) is 0.869. The zero-order chi connectivity index (χ0) is 18.0. The molecule has 1 N–H and O–H groups in total. The number of aromatic nitrogens is 2. The maximum atomic E-state index is 12.3. The fourth-order valence-corrected chi connectivity index (χ4v) is 4.21. The monoisotopic (exact) mass is 374 g/mol. The van der Waals surface area contributed by atoms with E-state index in [1.54, 1.807) is 16.4 Å². The van der Waals surface area contributed by atoms with Crippen molar-refractivity contribution in [1.29, 1.82) is 0 Å². The number of amides is 1. The Bertz CT molecular complexity index is 821. The van der Waals surface area contributed by atoms with Gasteiger partial charge in [-0.25, -0.2) is 4.99 Å². The maximum absolute atomic E-state index is 12.3. The molecule has 2 heterocycles. The Labute approximate surface area is 156 Å². The van der Waals surface area contributed by atoms with Crippen molar-refractivity contribution in [3.05, 3.63) is 41.6 Å². The van der Waals surface area contributed by atoms with Crippen LogP contribution in [0.5, 0.6) is 0 Å². The molecule has 132 valence electrons. The lowest BCUT2D eigenvalue weighted by Crippen LogP contribution is -2.17. The molecule has 7 heteroatoms. The number of nitrogens with zero attached hydrogens (tertiary/aromatic N) is 3. The van der Waals surface area contributed by atoms with Crippen LogP contribution >= 0.6 is 23.5 Å². The first-order chi connectivity index (χ1) is 11.8. The summed E-state index contributed by atoms with van der Waals surface area (Å²) in [6.07, 6.45) is 0. The van der Waals surface area contributed by atoms with Gasteiger partial charge in [-0.05, 0) is 11.6 Å². The molecule has 1 aliphatic heterocycles. The third kappa shape index (κ3) is 4.46. The van der Waals surface area contributed by atoms with E-state index in [2.05, 4.69) is 42.2 Å². The number of para-hydroxylation sites is 1. The van der Waals surface area contributed by atoms with Crippen LogP contribution in [-0.2, 0) is 23.0 Å². The highest BCUT2D eigenvalue weighted by atomic mass is 32.2. The van der Waals surface area contributed by atoms with E-state index in [-0.39, 0.29) is 11.3 Å². The number of fused-ring (bicyclic) bond motifs is 1. The number of hydrogen-bond donors (Lipinski definition) is 1. The molecule has 2 aromatic rings. The second-order valence-electron chi connectivity index (χ2n) is 6.92. The van der Waals surface area contributed by atoms with Gasteiger partial charge in [-0.1, -0.05) is 62.5 Å². The number of rotatable bonds is 3. The van der Waals surface area contributed by atoms with Crippen molar-refractivity contribution < 1.29 is 4.79 Å². The summed E-state index contributed by atoms with van der Waals surface area (Å²) in [6.45, 7) is 6.31. The van der Waals surface area contributed by atoms with Gasteiger partial charge in [0.1, 0.15) is 10.2 Å². The molecule has 1 aromatic carbocycles. The van der Waals surface area contributed by atoms with Crippen LogP contribution in [0.2, 0.25) is 0 Å². The molecule has 0 spiro atoms. The Kier molecular flexibility index (Phi) is 5.24. The number of aryl methyl sites for hydroxylation is 1. The van der Waals surface area contributed by atoms with Gasteiger partial charge in [0.25, 0.3) is 0 Å². The van der Waals surface area contributed by atoms with Gasteiger partial charge < -0.3 is 5.32 Å². The van der Waals surface area contributed by atoms with Crippen molar-refractivity contribution in [3.63, 3.8) is 0 Å². The minimum absolute atomic E-state index is 0.0453. The second-order valence-corrected chi connectivity index (χ2v) is 9.11. The Hall–Kier alpha value is -1.73. The topological polar surface area (TPSA) is 59.3 Å². The summed E-state index contributed by atoms with van der Waals surface area (Å²) >= 11 is 3.16. The van der Waals surface area contributed by atoms with Gasteiger partial charge in [0.15, 0.2) is 0 Å². The number of benzene rings is 1. The van der Waals surface area contributed by atoms with Crippen molar-refractivity contribution in [2.45, 2.75) is 31.9 Å². The highest BCUT2D eigenvalue weighted by Crippen LogP contribution is 2.34. The first kappa shape index (κ1) is 18.1. The van der Waals surface area contributed by atoms with E-state index in [1.807, 2.05) is 31.3 Å². The SMILES string of the molecule is Cn1nc(C(C)(C)C)cc1NC(=O)CSC1=Nc2ccccc2CS1. The molecule has 0 fully saturated rings. The minimum Gasteiger partial charge on any atom is -0.310 e. The zero-order valence-electron chi connectivity index (χ0n) is 14.9. The molecule has 3 rings (SSSR count). The van der Waals surface area contributed by atoms with Gasteiger partial charge >= 0.3 is 0 Å². The van der Waals surface area contributed by atoms with E-state index in [0.29, 0.717) is 5.75 Å². The molecular weight excluding hydrogens is 352 g/mol. The fraction of sp³-hybridized carbons (Fsp3) is 0.389. The Morgan fingerprint density at radius 1 is 1.36 bits per heavy atom. The molecule has 0 saturated heterocycles. The van der Waals surface area contributed by atoms with Crippen LogP contribution in [0, 0.1) is 0 Å². The second kappa shape index (κ2) is 7.25. The number of aliphatic imine (C=N–C) groups is 1. The molecule has 0 atom stereocenters. The summed E-state index contributed by atoms with van der Waals surface area (Å²) in [5.74, 6) is 1.92. The molecule has 5 nitrogen and oxygen atoms in total. The predicted molar refractivity (Wildman–Crippen MR) is 108 cm³/mol. The highest BCUT2D eigenvalue weighted by Gasteiger charge is 2.20. The predicted octanol–water partition coefficient (Wildman–Crippen LogP) is 4.32. The molecule has 1 aromatic heterocycles. The first-order valence-corrected chi connectivity index (χ1v) is 10.1. The first-order valence-electron chi connectivity index (χ1n) is 8.09. The lowest BCUT2D eigenvalue weighted by atomic mass is 9.92. The smallest absolute Gasteiger partial charge is 0.235 e. The van der Waals surface area contributed by atoms with Crippen LogP contribution in [0.1, 0.15) is 32.0 Å². The average molecular weight is 375 g/mol. The van der Waals surface area contributed by atoms with Crippen molar-refractivity contribution >= 4 is 45.3 Å². The largest absolute Gasteiger partial charge is 0.310 e. The number of nitrogens with one attached hydrogen (secondary N) is 1. The number of anilines is 1. The van der Waals surface area contributed by atoms with Gasteiger partial charge in [0.2, 0.25) is 5.91 Å². The lowest BCUT2D eigenvalue weighted by Gasteiger charge is -2.14. The van der Waals surface area contributed by atoms with Gasteiger partial charge in [0.05, 0.1) is 17.1 Å². The van der Waals surface area contributed by atoms with Crippen molar-refractivity contribution in [1.82, 2.24) is 9.78 Å². The number of carbonyl (C=O) groups excluding carboxylic acids is 1. The number of hydrogen-bond acceptors (Lipinski definition) is 5. The van der Waals surface area contributed by atoms with Gasteiger partial charge in [-0.15, -0.1) is 0 Å². The van der Waals surface area contributed by atoms with Crippen LogP contribution in [0.3, 0.4) is 0 Å². The van der Waals surface area contributed by atoms with E-state index in [1.165, 1.54) is 17.3 Å². The molecule has 1 aliphatic rings. The van der Waals surface area contributed by atoms with E-state index < -0.39 is 0 Å². The van der Waals surface area contributed by atoms with Crippen LogP contribution in [-0.4, -0.2) is 25.8 Å². The molecule has 0 unspecified atom stereocenters. The van der Waals surface area contributed by atoms with Gasteiger partial charge in [0, 0.05) is 24.3 Å². The van der Waals surface area contributed by atoms with Crippen LogP contribution in [0.25, 0.3) is 0 Å². The van der Waals surface area contributed by atoms with Crippen LogP contribution < -0.4 is 5.32 Å². The summed E-state index contributed by atoms with van der Waals surface area (Å²) in [7, 11) is 1.84. The van der Waals surface area contributed by atoms with Crippen molar-refractivity contribution in [3.8, 4) is 0 Å². The lowest BCUT2D eigenvalue weighted by molar-refractivity contribution is -0.113. The van der Waals surface area contributed by atoms with Crippen LogP contribution in [0.15, 0.2) is 35.3 Å². The molecule has 1 amide bonds. The van der Waals surface area contributed by atoms with Gasteiger partial charge in [-0.2, -0.15) is 5.10 Å².